The summed E-state index contributed by atoms with van der Waals surface area (Å²) in [5.74, 6) is 1.93. The Bertz CT molecular complexity index is 1030. The van der Waals surface area contributed by atoms with Crippen molar-refractivity contribution >= 4 is 23.0 Å². The van der Waals surface area contributed by atoms with Gasteiger partial charge >= 0.3 is 0 Å². The van der Waals surface area contributed by atoms with E-state index in [-0.39, 0.29) is 17.1 Å². The predicted octanol–water partition coefficient (Wildman–Crippen LogP) is 4.96. The number of halogens is 1. The lowest BCUT2D eigenvalue weighted by Gasteiger charge is -2.62. The fourth-order valence-corrected chi connectivity index (χ4v) is 6.20. The Morgan fingerprint density at radius 2 is 1.91 bits per heavy atom. The van der Waals surface area contributed by atoms with Crippen LogP contribution in [0.5, 0.6) is 0 Å². The van der Waals surface area contributed by atoms with Crippen molar-refractivity contribution in [3.63, 3.8) is 0 Å². The smallest absolute Gasteiger partial charge is 0.287 e. The highest BCUT2D eigenvalue weighted by molar-refractivity contribution is 6.32. The first-order valence-corrected chi connectivity index (χ1v) is 12.6. The number of rotatable bonds is 8. The van der Waals surface area contributed by atoms with Crippen molar-refractivity contribution in [2.45, 2.75) is 66.2 Å². The molecular weight excluding hydrogens is 436 g/mol. The second kappa shape index (κ2) is 9.30. The zero-order valence-corrected chi connectivity index (χ0v) is 21.1. The summed E-state index contributed by atoms with van der Waals surface area (Å²) in [5.41, 5.74) is 2.47. The molecule has 0 amide bonds. The molecule has 1 aromatic heterocycles. The highest BCUT2D eigenvalue weighted by Crippen LogP contribution is 2.61. The number of nitrogens with one attached hydrogen (secondary N) is 1. The number of nitrogens with zero attached hydrogens (tertiary/aromatic N) is 3. The maximum atomic E-state index is 12.9. The summed E-state index contributed by atoms with van der Waals surface area (Å²) in [6.45, 7) is 13.2. The van der Waals surface area contributed by atoms with Gasteiger partial charge < -0.3 is 15.3 Å². The van der Waals surface area contributed by atoms with Gasteiger partial charge in [0, 0.05) is 24.8 Å². The van der Waals surface area contributed by atoms with Gasteiger partial charge in [0.25, 0.3) is 5.56 Å². The summed E-state index contributed by atoms with van der Waals surface area (Å²) in [7, 11) is 0. The average Bonchev–Trinajstić information content (AvgIpc) is 2.80. The van der Waals surface area contributed by atoms with Crippen LogP contribution in [0.1, 0.15) is 59.1 Å². The van der Waals surface area contributed by atoms with Crippen LogP contribution in [0.15, 0.2) is 35.3 Å². The van der Waals surface area contributed by atoms with Crippen LogP contribution in [0.3, 0.4) is 0 Å². The molecular formula is C26H37ClN4O2. The minimum Gasteiger partial charge on any atom is -0.386 e. The molecule has 5 rings (SSSR count). The Hall–Kier alpha value is -2.05. The van der Waals surface area contributed by atoms with Crippen molar-refractivity contribution < 1.29 is 5.11 Å². The number of hydrogen-bond donors (Lipinski definition) is 2. The molecule has 3 saturated carbocycles. The minimum absolute atomic E-state index is 0.0572. The Morgan fingerprint density at radius 3 is 2.48 bits per heavy atom. The quantitative estimate of drug-likeness (QED) is 0.568. The highest BCUT2D eigenvalue weighted by Gasteiger charge is 2.56. The minimum atomic E-state index is -0.844. The lowest BCUT2D eigenvalue weighted by atomic mass is 9.45. The van der Waals surface area contributed by atoms with E-state index in [1.807, 2.05) is 24.3 Å². The molecule has 1 aromatic carbocycles. The van der Waals surface area contributed by atoms with Gasteiger partial charge in [-0.1, -0.05) is 44.5 Å². The molecule has 33 heavy (non-hydrogen) atoms. The van der Waals surface area contributed by atoms with E-state index >= 15 is 0 Å². The van der Waals surface area contributed by atoms with Crippen LogP contribution in [0, 0.1) is 23.2 Å². The van der Waals surface area contributed by atoms with Crippen LogP contribution in [0.25, 0.3) is 0 Å². The Labute approximate surface area is 202 Å². The number of aliphatic hydroxyl groups excluding tert-OH is 1. The van der Waals surface area contributed by atoms with Gasteiger partial charge in [-0.2, -0.15) is 5.10 Å². The van der Waals surface area contributed by atoms with Gasteiger partial charge in [-0.15, -0.1) is 0 Å². The second-order valence-corrected chi connectivity index (χ2v) is 10.7. The van der Waals surface area contributed by atoms with Crippen molar-refractivity contribution in [3.8, 4) is 0 Å². The predicted molar refractivity (Wildman–Crippen MR) is 135 cm³/mol. The zero-order chi connectivity index (χ0) is 23.9. The monoisotopic (exact) mass is 472 g/mol. The van der Waals surface area contributed by atoms with Crippen LogP contribution in [-0.4, -0.2) is 34.0 Å². The molecule has 7 heteroatoms. The first kappa shape index (κ1) is 24.1. The van der Waals surface area contributed by atoms with Gasteiger partial charge in [-0.25, -0.2) is 4.68 Å². The van der Waals surface area contributed by atoms with Gasteiger partial charge in [0.1, 0.15) is 5.02 Å². The molecule has 0 saturated heterocycles. The molecule has 0 radical (unpaired) electrons. The summed E-state index contributed by atoms with van der Waals surface area (Å²) in [4.78, 5) is 15.1. The largest absolute Gasteiger partial charge is 0.386 e. The van der Waals surface area contributed by atoms with Crippen LogP contribution in [0.2, 0.25) is 5.02 Å². The van der Waals surface area contributed by atoms with E-state index in [4.69, 9.17) is 11.6 Å². The number of fused-ring (bicyclic) bond motifs is 2. The third-order valence-corrected chi connectivity index (χ3v) is 8.80. The summed E-state index contributed by atoms with van der Waals surface area (Å²) in [5, 5.41) is 18.7. The lowest BCUT2D eigenvalue weighted by molar-refractivity contribution is -0.105. The van der Waals surface area contributed by atoms with Crippen molar-refractivity contribution in [2.75, 3.05) is 23.3 Å². The van der Waals surface area contributed by atoms with Gasteiger partial charge in [0.2, 0.25) is 0 Å². The third kappa shape index (κ3) is 4.40. The van der Waals surface area contributed by atoms with E-state index in [1.54, 1.807) is 6.20 Å². The number of aliphatic hydroxyl groups is 1. The summed E-state index contributed by atoms with van der Waals surface area (Å²) >= 11 is 6.46. The molecule has 3 aliphatic carbocycles. The maximum absolute atomic E-state index is 12.9. The average molecular weight is 473 g/mol. The Morgan fingerprint density at radius 1 is 1.24 bits per heavy atom. The molecule has 0 aliphatic heterocycles. The van der Waals surface area contributed by atoms with E-state index in [2.05, 4.69) is 49.9 Å². The standard InChI is InChI=1S/C26H37ClN4O2/c1-6-30(7-2)19-10-8-17(9-11-19)23(32)15-31-25(33)24(27)22(14-28-31)29-21-13-18-12-20(16(21)3)26(18,4)5/h8-11,14,16,18,20-21,23,29,32H,6-7,12-13,15H2,1-5H3/t16-,18+,20-,21-,23?/m1/s1. The van der Waals surface area contributed by atoms with Gasteiger partial charge in [-0.3, -0.25) is 4.79 Å². The van der Waals surface area contributed by atoms with Crippen molar-refractivity contribution in [3.05, 3.63) is 51.4 Å². The zero-order valence-electron chi connectivity index (χ0n) is 20.4. The summed E-state index contributed by atoms with van der Waals surface area (Å²) < 4.78 is 1.25. The van der Waals surface area contributed by atoms with Crippen molar-refractivity contribution in [1.29, 1.82) is 0 Å². The molecule has 180 valence electrons. The number of anilines is 2. The molecule has 5 atom stereocenters. The maximum Gasteiger partial charge on any atom is 0.287 e. The topological polar surface area (TPSA) is 70.4 Å². The fraction of sp³-hybridized carbons (Fsp3) is 0.615. The fourth-order valence-electron chi connectivity index (χ4n) is 6.00. The SMILES string of the molecule is CCN(CC)c1ccc(C(O)Cn2ncc(N[C@@H]3C[C@@H]4C[C@H]([C@H]3C)C4(C)C)c(Cl)c2=O)cc1. The highest BCUT2D eigenvalue weighted by atomic mass is 35.5. The molecule has 3 fully saturated rings. The molecule has 2 aromatic rings. The molecule has 6 nitrogen and oxygen atoms in total. The second-order valence-electron chi connectivity index (χ2n) is 10.3. The summed E-state index contributed by atoms with van der Waals surface area (Å²) in [6, 6.07) is 8.10. The van der Waals surface area contributed by atoms with Crippen molar-refractivity contribution in [1.82, 2.24) is 9.78 Å². The van der Waals surface area contributed by atoms with Gasteiger partial charge in [0.15, 0.2) is 0 Å². The van der Waals surface area contributed by atoms with E-state index < -0.39 is 6.10 Å². The van der Waals surface area contributed by atoms with E-state index in [1.165, 1.54) is 11.1 Å². The molecule has 2 bridgehead atoms. The third-order valence-electron chi connectivity index (χ3n) is 8.43. The first-order chi connectivity index (χ1) is 15.7. The molecule has 0 spiro atoms. The van der Waals surface area contributed by atoms with Crippen LogP contribution in [0.4, 0.5) is 11.4 Å². The van der Waals surface area contributed by atoms with Gasteiger partial charge in [0.05, 0.1) is 24.5 Å². The first-order valence-electron chi connectivity index (χ1n) is 12.2. The van der Waals surface area contributed by atoms with Crippen LogP contribution >= 0.6 is 11.6 Å². The molecule has 2 N–H and O–H groups in total. The van der Waals surface area contributed by atoms with Crippen LogP contribution in [-0.2, 0) is 6.54 Å². The number of hydrogen-bond acceptors (Lipinski definition) is 5. The lowest BCUT2D eigenvalue weighted by Crippen LogP contribution is -2.58. The Balaban J connectivity index is 1.44. The number of aromatic nitrogens is 2. The van der Waals surface area contributed by atoms with Gasteiger partial charge in [-0.05, 0) is 67.6 Å². The molecule has 1 unspecified atom stereocenters. The van der Waals surface area contributed by atoms with E-state index in [0.717, 1.165) is 30.8 Å². The summed E-state index contributed by atoms with van der Waals surface area (Å²) in [6.07, 6.45) is 3.17. The Kier molecular flexibility index (Phi) is 6.79. The molecule has 1 heterocycles. The van der Waals surface area contributed by atoms with E-state index in [0.29, 0.717) is 34.9 Å². The van der Waals surface area contributed by atoms with Crippen molar-refractivity contribution in [2.24, 2.45) is 23.2 Å². The van der Waals surface area contributed by atoms with E-state index in [9.17, 15) is 9.90 Å². The van der Waals surface area contributed by atoms with Crippen LogP contribution < -0.4 is 15.8 Å². The normalized spacial score (nSPS) is 26.4. The number of benzene rings is 1. The molecule has 3 aliphatic rings.